The highest BCUT2D eigenvalue weighted by Gasteiger charge is 2.43. The van der Waals surface area contributed by atoms with Gasteiger partial charge in [-0.15, -0.1) is 0 Å². The number of likely N-dealkylation sites (tertiary alicyclic amines) is 1. The van der Waals surface area contributed by atoms with Gasteiger partial charge in [-0.25, -0.2) is 0 Å². The van der Waals surface area contributed by atoms with Crippen molar-refractivity contribution in [2.24, 2.45) is 5.92 Å². The number of carbonyl (C=O) groups is 3. The molecule has 1 aliphatic rings. The number of hydrogen-bond acceptors (Lipinski definition) is 3. The molecule has 1 heterocycles. The van der Waals surface area contributed by atoms with Crippen molar-refractivity contribution in [3.8, 4) is 0 Å². The molecule has 1 aromatic rings. The molecule has 106 valence electrons. The first-order valence-electron chi connectivity index (χ1n) is 6.60. The number of nitrogens with zero attached hydrogens (tertiary/aromatic N) is 1. The molecule has 5 heteroatoms. The minimum absolute atomic E-state index is 0.109. The fraction of sp³-hybridized carbons (Fsp3) is 0.400. The minimum Gasteiger partial charge on any atom is -0.480 e. The highest BCUT2D eigenvalue weighted by atomic mass is 16.4. The van der Waals surface area contributed by atoms with Crippen LogP contribution in [-0.4, -0.2) is 40.3 Å². The topological polar surface area (TPSA) is 74.7 Å². The molecule has 0 saturated carbocycles. The number of hydrogen-bond donors (Lipinski definition) is 1. The molecule has 2 unspecified atom stereocenters. The fourth-order valence-electron chi connectivity index (χ4n) is 2.51. The van der Waals surface area contributed by atoms with E-state index in [1.165, 1.54) is 4.90 Å². The van der Waals surface area contributed by atoms with E-state index in [1.807, 2.05) is 30.3 Å². The van der Waals surface area contributed by atoms with Gasteiger partial charge in [0.05, 0.1) is 0 Å². The molecular formula is C15H17NO4. The molecule has 0 spiro atoms. The lowest BCUT2D eigenvalue weighted by molar-refractivity contribution is -0.159. The van der Waals surface area contributed by atoms with Gasteiger partial charge in [0.25, 0.3) is 0 Å². The molecular weight excluding hydrogens is 258 g/mol. The largest absolute Gasteiger partial charge is 0.480 e. The molecule has 1 saturated heterocycles. The maximum Gasteiger partial charge on any atom is 0.323 e. The van der Waals surface area contributed by atoms with Gasteiger partial charge in [-0.1, -0.05) is 30.3 Å². The van der Waals surface area contributed by atoms with E-state index in [1.54, 1.807) is 6.92 Å². The van der Waals surface area contributed by atoms with Crippen LogP contribution in [0.4, 0.5) is 0 Å². The molecule has 20 heavy (non-hydrogen) atoms. The Balaban J connectivity index is 2.08. The van der Waals surface area contributed by atoms with Crippen LogP contribution in [0.1, 0.15) is 18.9 Å². The zero-order valence-corrected chi connectivity index (χ0v) is 11.3. The predicted octanol–water partition coefficient (Wildman–Crippen LogP) is 1.12. The van der Waals surface area contributed by atoms with Crippen molar-refractivity contribution in [2.75, 3.05) is 6.54 Å². The zero-order chi connectivity index (χ0) is 14.7. The first-order valence-corrected chi connectivity index (χ1v) is 6.60. The first-order chi connectivity index (χ1) is 9.50. The number of aliphatic carboxylic acids is 1. The smallest absolute Gasteiger partial charge is 0.323 e. The van der Waals surface area contributed by atoms with Crippen LogP contribution >= 0.6 is 0 Å². The van der Waals surface area contributed by atoms with Crippen molar-refractivity contribution in [1.82, 2.24) is 4.90 Å². The van der Waals surface area contributed by atoms with Crippen molar-refractivity contribution in [3.05, 3.63) is 35.9 Å². The summed E-state index contributed by atoms with van der Waals surface area (Å²) in [6.07, 6.45) is 0.759. The third kappa shape index (κ3) is 2.87. The lowest BCUT2D eigenvalue weighted by Gasteiger charge is -2.35. The monoisotopic (exact) mass is 275 g/mol. The Morgan fingerprint density at radius 3 is 2.55 bits per heavy atom. The number of piperidine rings is 1. The molecule has 1 N–H and O–H groups in total. The van der Waals surface area contributed by atoms with Gasteiger partial charge < -0.3 is 10.0 Å². The average molecular weight is 275 g/mol. The van der Waals surface area contributed by atoms with Gasteiger partial charge in [-0.05, 0) is 18.9 Å². The van der Waals surface area contributed by atoms with Crippen LogP contribution in [0.25, 0.3) is 0 Å². The summed E-state index contributed by atoms with van der Waals surface area (Å²) in [5.74, 6) is -3.96. The van der Waals surface area contributed by atoms with Gasteiger partial charge >= 0.3 is 5.97 Å². The second-order valence-electron chi connectivity index (χ2n) is 5.06. The van der Waals surface area contributed by atoms with E-state index in [-0.39, 0.29) is 12.5 Å². The summed E-state index contributed by atoms with van der Waals surface area (Å²) in [6, 6.07) is 9.42. The maximum atomic E-state index is 12.1. The zero-order valence-electron chi connectivity index (χ0n) is 11.3. The summed E-state index contributed by atoms with van der Waals surface area (Å²) < 4.78 is 0. The number of rotatable bonds is 4. The third-order valence-electron chi connectivity index (χ3n) is 3.61. The van der Waals surface area contributed by atoms with E-state index in [0.29, 0.717) is 13.0 Å². The standard InChI is InChI=1S/C15H17NO4/c1-10-9-12(17)13(15(19)20)14(18)16(10)8-7-11-5-3-2-4-6-11/h2-6,10,13H,7-9H2,1H3,(H,19,20). The summed E-state index contributed by atoms with van der Waals surface area (Å²) in [5, 5.41) is 9.00. The number of carboxylic acid groups (broad SMARTS) is 1. The van der Waals surface area contributed by atoms with Crippen molar-refractivity contribution >= 4 is 17.7 Å². The fourth-order valence-corrected chi connectivity index (χ4v) is 2.51. The van der Waals surface area contributed by atoms with Gasteiger partial charge in [0.15, 0.2) is 11.7 Å². The van der Waals surface area contributed by atoms with E-state index in [9.17, 15) is 14.4 Å². The SMILES string of the molecule is CC1CC(=O)C(C(=O)O)C(=O)N1CCc1ccccc1. The molecule has 1 aliphatic heterocycles. The summed E-state index contributed by atoms with van der Waals surface area (Å²) in [4.78, 5) is 36.3. The number of carboxylic acids is 1. The molecule has 1 aromatic carbocycles. The van der Waals surface area contributed by atoms with Crippen molar-refractivity contribution in [2.45, 2.75) is 25.8 Å². The summed E-state index contributed by atoms with van der Waals surface area (Å²) in [6.45, 7) is 2.21. The van der Waals surface area contributed by atoms with Gasteiger partial charge in [-0.2, -0.15) is 0 Å². The Morgan fingerprint density at radius 1 is 1.30 bits per heavy atom. The van der Waals surface area contributed by atoms with Crippen LogP contribution in [-0.2, 0) is 20.8 Å². The maximum absolute atomic E-state index is 12.1. The second-order valence-corrected chi connectivity index (χ2v) is 5.06. The first kappa shape index (κ1) is 14.2. The normalized spacial score (nSPS) is 22.9. The number of benzene rings is 1. The van der Waals surface area contributed by atoms with E-state index in [4.69, 9.17) is 5.11 Å². The highest BCUT2D eigenvalue weighted by molar-refractivity contribution is 6.17. The molecule has 5 nitrogen and oxygen atoms in total. The number of carbonyl (C=O) groups excluding carboxylic acids is 2. The molecule has 0 aliphatic carbocycles. The van der Waals surface area contributed by atoms with Crippen LogP contribution < -0.4 is 0 Å². The molecule has 1 amide bonds. The Labute approximate surface area is 117 Å². The van der Waals surface area contributed by atoms with E-state index in [0.717, 1.165) is 5.56 Å². The van der Waals surface area contributed by atoms with Crippen molar-refractivity contribution < 1.29 is 19.5 Å². The van der Waals surface area contributed by atoms with E-state index in [2.05, 4.69) is 0 Å². The molecule has 2 atom stereocenters. The predicted molar refractivity (Wildman–Crippen MR) is 72.1 cm³/mol. The summed E-state index contributed by atoms with van der Waals surface area (Å²) >= 11 is 0. The van der Waals surface area contributed by atoms with E-state index < -0.39 is 23.6 Å². The lowest BCUT2D eigenvalue weighted by atomic mass is 9.91. The van der Waals surface area contributed by atoms with Crippen LogP contribution in [0.5, 0.6) is 0 Å². The van der Waals surface area contributed by atoms with Gasteiger partial charge in [0.2, 0.25) is 5.91 Å². The van der Waals surface area contributed by atoms with Crippen LogP contribution in [0, 0.1) is 5.92 Å². The molecule has 0 bridgehead atoms. The minimum atomic E-state index is -1.53. The number of Topliss-reactive ketones (excluding diaryl/α,β-unsaturated/α-hetero) is 1. The Bertz CT molecular complexity index is 526. The van der Waals surface area contributed by atoms with E-state index >= 15 is 0 Å². The van der Waals surface area contributed by atoms with Crippen molar-refractivity contribution in [1.29, 1.82) is 0 Å². The van der Waals surface area contributed by atoms with Crippen LogP contribution in [0.3, 0.4) is 0 Å². The van der Waals surface area contributed by atoms with Gasteiger partial charge in [-0.3, -0.25) is 14.4 Å². The number of ketones is 1. The Kier molecular flexibility index (Phi) is 4.17. The van der Waals surface area contributed by atoms with Crippen LogP contribution in [0.2, 0.25) is 0 Å². The van der Waals surface area contributed by atoms with Gasteiger partial charge in [0.1, 0.15) is 0 Å². The summed E-state index contributed by atoms with van der Waals surface area (Å²) in [5.41, 5.74) is 1.08. The summed E-state index contributed by atoms with van der Waals surface area (Å²) in [7, 11) is 0. The molecule has 0 radical (unpaired) electrons. The second kappa shape index (κ2) is 5.86. The Morgan fingerprint density at radius 2 is 1.95 bits per heavy atom. The quantitative estimate of drug-likeness (QED) is 0.836. The lowest BCUT2D eigenvalue weighted by Crippen LogP contribution is -2.53. The number of amides is 1. The molecule has 1 fully saturated rings. The van der Waals surface area contributed by atoms with Crippen LogP contribution in [0.15, 0.2) is 30.3 Å². The Hall–Kier alpha value is -2.17. The molecule has 2 rings (SSSR count). The highest BCUT2D eigenvalue weighted by Crippen LogP contribution is 2.21. The van der Waals surface area contributed by atoms with Crippen molar-refractivity contribution in [3.63, 3.8) is 0 Å². The molecule has 0 aromatic heterocycles. The van der Waals surface area contributed by atoms with Gasteiger partial charge in [0, 0.05) is 19.0 Å². The third-order valence-corrected chi connectivity index (χ3v) is 3.61. The average Bonchev–Trinajstić information content (AvgIpc) is 2.38.